The monoisotopic (exact) mass is 244 g/mol. The van der Waals surface area contributed by atoms with E-state index in [9.17, 15) is 0 Å². The molecule has 2 N–H and O–H groups in total. The molecule has 1 aromatic carbocycles. The van der Waals surface area contributed by atoms with Gasteiger partial charge in [-0.3, -0.25) is 0 Å². The fourth-order valence-corrected chi connectivity index (χ4v) is 1.74. The van der Waals surface area contributed by atoms with Gasteiger partial charge in [-0.25, -0.2) is 4.98 Å². The Morgan fingerprint density at radius 3 is 2.56 bits per heavy atom. The Morgan fingerprint density at radius 2 is 1.94 bits per heavy atom. The highest BCUT2D eigenvalue weighted by molar-refractivity contribution is 5.72. The van der Waals surface area contributed by atoms with Crippen LogP contribution in [-0.2, 0) is 0 Å². The number of pyridine rings is 1. The third kappa shape index (κ3) is 2.53. The Morgan fingerprint density at radius 1 is 1.22 bits per heavy atom. The Hall–Kier alpha value is -2.23. The molecule has 0 saturated carbocycles. The number of aromatic nitrogens is 1. The predicted octanol–water partition coefficient (Wildman–Crippen LogP) is 2.74. The fraction of sp³-hybridized carbons (Fsp3) is 0.214. The maximum atomic E-state index is 5.75. The van der Waals surface area contributed by atoms with Gasteiger partial charge in [-0.2, -0.15) is 0 Å². The number of methoxy groups -OCH3 is 1. The smallest absolute Gasteiger partial charge is 0.221 e. The normalized spacial score (nSPS) is 10.1. The van der Waals surface area contributed by atoms with Crippen molar-refractivity contribution in [3.8, 4) is 22.8 Å². The molecule has 0 saturated heterocycles. The number of nitrogens with zero attached hydrogens (tertiary/aromatic N) is 1. The standard InChI is InChI=1S/C14H16N2O2/c1-3-18-12-6-4-10(5-7-12)13-8-11(15)9-16-14(13)17-2/h4-9H,3,15H2,1-2H3. The maximum absolute atomic E-state index is 5.75. The van der Waals surface area contributed by atoms with Gasteiger partial charge < -0.3 is 15.2 Å². The summed E-state index contributed by atoms with van der Waals surface area (Å²) in [5.74, 6) is 1.41. The zero-order chi connectivity index (χ0) is 13.0. The van der Waals surface area contributed by atoms with E-state index in [2.05, 4.69) is 4.98 Å². The SMILES string of the molecule is CCOc1ccc(-c2cc(N)cnc2OC)cc1. The van der Waals surface area contributed by atoms with Crippen molar-refractivity contribution in [2.75, 3.05) is 19.5 Å². The molecule has 0 spiro atoms. The molecule has 1 heterocycles. The molecule has 0 radical (unpaired) electrons. The van der Waals surface area contributed by atoms with Gasteiger partial charge in [0, 0.05) is 5.56 Å². The Balaban J connectivity index is 2.38. The van der Waals surface area contributed by atoms with Crippen molar-refractivity contribution in [1.82, 2.24) is 4.98 Å². The van der Waals surface area contributed by atoms with Crippen LogP contribution in [0.15, 0.2) is 36.5 Å². The van der Waals surface area contributed by atoms with E-state index in [1.807, 2.05) is 37.3 Å². The van der Waals surface area contributed by atoms with Crippen LogP contribution in [0.2, 0.25) is 0 Å². The lowest BCUT2D eigenvalue weighted by atomic mass is 10.1. The summed E-state index contributed by atoms with van der Waals surface area (Å²) in [6, 6.07) is 9.61. The van der Waals surface area contributed by atoms with E-state index in [0.29, 0.717) is 18.2 Å². The van der Waals surface area contributed by atoms with Crippen LogP contribution in [0, 0.1) is 0 Å². The van der Waals surface area contributed by atoms with Crippen molar-refractivity contribution < 1.29 is 9.47 Å². The molecular formula is C14H16N2O2. The largest absolute Gasteiger partial charge is 0.494 e. The van der Waals surface area contributed by atoms with Crippen molar-refractivity contribution in [2.24, 2.45) is 0 Å². The zero-order valence-corrected chi connectivity index (χ0v) is 10.5. The lowest BCUT2D eigenvalue weighted by Crippen LogP contribution is -1.95. The Bertz CT molecular complexity index is 524. The van der Waals surface area contributed by atoms with Gasteiger partial charge in [0.2, 0.25) is 5.88 Å². The van der Waals surface area contributed by atoms with Gasteiger partial charge in [0.25, 0.3) is 0 Å². The average Bonchev–Trinajstić information content (AvgIpc) is 2.40. The van der Waals surface area contributed by atoms with Gasteiger partial charge in [-0.1, -0.05) is 12.1 Å². The van der Waals surface area contributed by atoms with Gasteiger partial charge in [0.15, 0.2) is 0 Å². The van der Waals surface area contributed by atoms with Crippen LogP contribution in [-0.4, -0.2) is 18.7 Å². The molecule has 18 heavy (non-hydrogen) atoms. The molecule has 0 amide bonds. The molecule has 0 aliphatic carbocycles. The van der Waals surface area contributed by atoms with E-state index < -0.39 is 0 Å². The van der Waals surface area contributed by atoms with Crippen LogP contribution < -0.4 is 15.2 Å². The summed E-state index contributed by atoms with van der Waals surface area (Å²) >= 11 is 0. The highest BCUT2D eigenvalue weighted by Crippen LogP contribution is 2.30. The van der Waals surface area contributed by atoms with Crippen LogP contribution in [0.4, 0.5) is 5.69 Å². The van der Waals surface area contributed by atoms with Gasteiger partial charge in [0.1, 0.15) is 5.75 Å². The molecule has 4 nitrogen and oxygen atoms in total. The average molecular weight is 244 g/mol. The molecule has 0 aliphatic rings. The van der Waals surface area contributed by atoms with Crippen LogP contribution in [0.25, 0.3) is 11.1 Å². The summed E-state index contributed by atoms with van der Waals surface area (Å²) in [5, 5.41) is 0. The minimum absolute atomic E-state index is 0.563. The summed E-state index contributed by atoms with van der Waals surface area (Å²) in [7, 11) is 1.59. The summed E-state index contributed by atoms with van der Waals surface area (Å²) in [6.45, 7) is 2.61. The van der Waals surface area contributed by atoms with Gasteiger partial charge in [-0.15, -0.1) is 0 Å². The molecule has 0 unspecified atom stereocenters. The third-order valence-corrected chi connectivity index (χ3v) is 2.54. The van der Waals surface area contributed by atoms with Gasteiger partial charge in [-0.05, 0) is 30.7 Å². The quantitative estimate of drug-likeness (QED) is 0.898. The first-order chi connectivity index (χ1) is 8.74. The third-order valence-electron chi connectivity index (χ3n) is 2.54. The summed E-state index contributed by atoms with van der Waals surface area (Å²) in [4.78, 5) is 4.15. The van der Waals surface area contributed by atoms with E-state index in [1.165, 1.54) is 0 Å². The molecule has 0 aliphatic heterocycles. The number of hydrogen-bond acceptors (Lipinski definition) is 4. The second-order valence-electron chi connectivity index (χ2n) is 3.78. The van der Waals surface area contributed by atoms with E-state index in [1.54, 1.807) is 13.3 Å². The topological polar surface area (TPSA) is 57.4 Å². The number of nitrogens with two attached hydrogens (primary N) is 1. The second kappa shape index (κ2) is 5.40. The van der Waals surface area contributed by atoms with Gasteiger partial charge in [0.05, 0.1) is 25.6 Å². The molecule has 2 rings (SSSR count). The summed E-state index contributed by atoms with van der Waals surface area (Å²) in [5.41, 5.74) is 8.24. The van der Waals surface area contributed by atoms with Crippen molar-refractivity contribution in [1.29, 1.82) is 0 Å². The number of anilines is 1. The maximum Gasteiger partial charge on any atom is 0.221 e. The highest BCUT2D eigenvalue weighted by Gasteiger charge is 2.07. The summed E-state index contributed by atoms with van der Waals surface area (Å²) in [6.07, 6.45) is 1.58. The molecule has 2 aromatic rings. The predicted molar refractivity (Wildman–Crippen MR) is 71.8 cm³/mol. The van der Waals surface area contributed by atoms with E-state index in [4.69, 9.17) is 15.2 Å². The fourth-order valence-electron chi connectivity index (χ4n) is 1.74. The van der Waals surface area contributed by atoms with Crippen LogP contribution >= 0.6 is 0 Å². The molecule has 94 valence electrons. The minimum Gasteiger partial charge on any atom is -0.494 e. The van der Waals surface area contributed by atoms with Crippen molar-refractivity contribution >= 4 is 5.69 Å². The highest BCUT2D eigenvalue weighted by atomic mass is 16.5. The van der Waals surface area contributed by atoms with E-state index >= 15 is 0 Å². The van der Waals surface area contributed by atoms with Gasteiger partial charge >= 0.3 is 0 Å². The molecule has 0 bridgehead atoms. The van der Waals surface area contributed by atoms with Crippen molar-refractivity contribution in [3.05, 3.63) is 36.5 Å². The molecule has 0 fully saturated rings. The Kier molecular flexibility index (Phi) is 3.67. The number of ether oxygens (including phenoxy) is 2. The van der Waals surface area contributed by atoms with E-state index in [0.717, 1.165) is 16.9 Å². The minimum atomic E-state index is 0.563. The first-order valence-electron chi connectivity index (χ1n) is 5.77. The number of nitrogen functional groups attached to an aromatic ring is 1. The molecule has 0 atom stereocenters. The van der Waals surface area contributed by atoms with Crippen LogP contribution in [0.1, 0.15) is 6.92 Å². The lowest BCUT2D eigenvalue weighted by molar-refractivity contribution is 0.340. The van der Waals surface area contributed by atoms with E-state index in [-0.39, 0.29) is 0 Å². The summed E-state index contributed by atoms with van der Waals surface area (Å²) < 4.78 is 10.6. The second-order valence-corrected chi connectivity index (χ2v) is 3.78. The zero-order valence-electron chi connectivity index (χ0n) is 10.5. The first-order valence-corrected chi connectivity index (χ1v) is 5.77. The molecule has 1 aromatic heterocycles. The molecule has 4 heteroatoms. The Labute approximate surface area is 106 Å². The van der Waals surface area contributed by atoms with Crippen LogP contribution in [0.5, 0.6) is 11.6 Å². The van der Waals surface area contributed by atoms with Crippen molar-refractivity contribution in [2.45, 2.75) is 6.92 Å². The number of rotatable bonds is 4. The molecular weight excluding hydrogens is 228 g/mol. The lowest BCUT2D eigenvalue weighted by Gasteiger charge is -2.09. The number of hydrogen-bond donors (Lipinski definition) is 1. The van der Waals surface area contributed by atoms with Crippen molar-refractivity contribution in [3.63, 3.8) is 0 Å². The first kappa shape index (κ1) is 12.2. The number of benzene rings is 1. The van der Waals surface area contributed by atoms with Crippen LogP contribution in [0.3, 0.4) is 0 Å².